The van der Waals surface area contributed by atoms with E-state index in [1.165, 1.54) is 33.4 Å². The zero-order valence-electron chi connectivity index (χ0n) is 25.7. The maximum atomic E-state index is 5.82. The zero-order valence-corrected chi connectivity index (χ0v) is 25.7. The Hall–Kier alpha value is -2.94. The molecule has 0 radical (unpaired) electrons. The summed E-state index contributed by atoms with van der Waals surface area (Å²) in [5.41, 5.74) is 7.99. The van der Waals surface area contributed by atoms with Crippen molar-refractivity contribution in [2.24, 2.45) is 0 Å². The van der Waals surface area contributed by atoms with Crippen LogP contribution in [0.2, 0.25) is 0 Å². The standard InChI is InChI=1S/C36H48O3/c1-34(2)19-16-25-23-29(11-14-32(25)38-8)36(5,6)21-18-27-24-30(12-15-33(27)39-9)35(3,4)20-17-26-22-28(34)10-13-31(26)37-7/h10-15,22-24H,16-21H2,1-9H3. The van der Waals surface area contributed by atoms with Crippen LogP contribution in [0.1, 0.15) is 94.2 Å². The van der Waals surface area contributed by atoms with Gasteiger partial charge in [-0.15, -0.1) is 0 Å². The normalized spacial score (nSPS) is 18.4. The van der Waals surface area contributed by atoms with Crippen LogP contribution in [0.4, 0.5) is 0 Å². The number of benzene rings is 3. The SMILES string of the molecule is COc1ccc2cc1CCC(C)(C)c1ccc(OC)c(c1)CCC(C)(C)c1ccc(OC)c(c1)CCC2(C)C. The summed E-state index contributed by atoms with van der Waals surface area (Å²) in [6.45, 7) is 14.2. The van der Waals surface area contributed by atoms with E-state index < -0.39 is 0 Å². The Morgan fingerprint density at radius 3 is 0.923 bits per heavy atom. The van der Waals surface area contributed by atoms with E-state index in [1.54, 1.807) is 21.3 Å². The smallest absolute Gasteiger partial charge is 0.122 e. The Morgan fingerprint density at radius 2 is 0.692 bits per heavy atom. The van der Waals surface area contributed by atoms with Gasteiger partial charge in [-0.25, -0.2) is 0 Å². The molecule has 6 bridgehead atoms. The molecule has 210 valence electrons. The summed E-state index contributed by atoms with van der Waals surface area (Å²) in [5.74, 6) is 2.94. The average Bonchev–Trinajstić information content (AvgIpc) is 2.93. The van der Waals surface area contributed by atoms with Crippen molar-refractivity contribution in [3.05, 3.63) is 88.0 Å². The lowest BCUT2D eigenvalue weighted by molar-refractivity contribution is 0.396. The highest BCUT2D eigenvalue weighted by Gasteiger charge is 2.28. The van der Waals surface area contributed by atoms with E-state index in [4.69, 9.17) is 14.2 Å². The minimum atomic E-state index is 0.0173. The first-order valence-corrected chi connectivity index (χ1v) is 14.4. The molecule has 1 aliphatic carbocycles. The maximum absolute atomic E-state index is 5.82. The average molecular weight is 529 g/mol. The Balaban J connectivity index is 1.83. The molecule has 0 aromatic heterocycles. The molecule has 0 spiro atoms. The molecule has 0 saturated heterocycles. The molecule has 0 saturated carbocycles. The molecule has 0 unspecified atom stereocenters. The van der Waals surface area contributed by atoms with Gasteiger partial charge in [-0.05, 0) is 106 Å². The molecule has 0 heterocycles. The third kappa shape index (κ3) is 6.29. The van der Waals surface area contributed by atoms with Gasteiger partial charge in [-0.3, -0.25) is 0 Å². The van der Waals surface area contributed by atoms with Gasteiger partial charge in [-0.2, -0.15) is 0 Å². The summed E-state index contributed by atoms with van der Waals surface area (Å²) in [6, 6.07) is 20.4. The second-order valence-corrected chi connectivity index (χ2v) is 13.2. The molecule has 3 nitrogen and oxygen atoms in total. The molecule has 0 fully saturated rings. The minimum Gasteiger partial charge on any atom is -0.496 e. The van der Waals surface area contributed by atoms with E-state index in [-0.39, 0.29) is 16.2 Å². The van der Waals surface area contributed by atoms with Crippen LogP contribution < -0.4 is 14.2 Å². The fraction of sp³-hybridized carbons (Fsp3) is 0.500. The molecule has 0 atom stereocenters. The zero-order chi connectivity index (χ0) is 28.4. The highest BCUT2D eigenvalue weighted by Crippen LogP contribution is 2.39. The fourth-order valence-electron chi connectivity index (χ4n) is 5.96. The minimum absolute atomic E-state index is 0.0173. The highest BCUT2D eigenvalue weighted by atomic mass is 16.5. The number of methoxy groups -OCH3 is 3. The quantitative estimate of drug-likeness (QED) is 0.340. The first kappa shape index (κ1) is 29.1. The van der Waals surface area contributed by atoms with Crippen LogP contribution in [0, 0.1) is 0 Å². The molecule has 3 aromatic carbocycles. The fourth-order valence-corrected chi connectivity index (χ4v) is 5.96. The molecule has 39 heavy (non-hydrogen) atoms. The molecule has 0 aliphatic heterocycles. The van der Waals surface area contributed by atoms with E-state index in [9.17, 15) is 0 Å². The molecule has 0 N–H and O–H groups in total. The first-order valence-electron chi connectivity index (χ1n) is 14.4. The van der Waals surface area contributed by atoms with Crippen molar-refractivity contribution >= 4 is 0 Å². The van der Waals surface area contributed by atoms with Crippen LogP contribution >= 0.6 is 0 Å². The van der Waals surface area contributed by atoms with E-state index in [0.717, 1.165) is 55.8 Å². The number of aryl methyl sites for hydroxylation is 3. The van der Waals surface area contributed by atoms with Gasteiger partial charge in [0.05, 0.1) is 21.3 Å². The van der Waals surface area contributed by atoms with E-state index in [0.29, 0.717) is 0 Å². The second-order valence-electron chi connectivity index (χ2n) is 13.2. The van der Waals surface area contributed by atoms with E-state index in [1.807, 2.05) is 0 Å². The number of rotatable bonds is 3. The van der Waals surface area contributed by atoms with Gasteiger partial charge in [-0.1, -0.05) is 77.9 Å². The number of hydrogen-bond donors (Lipinski definition) is 0. The Labute approximate surface area is 236 Å². The summed E-state index contributed by atoms with van der Waals surface area (Å²) in [7, 11) is 5.34. The molecular formula is C36H48O3. The van der Waals surface area contributed by atoms with Gasteiger partial charge in [0.1, 0.15) is 17.2 Å². The summed E-state index contributed by atoms with van der Waals surface area (Å²) in [4.78, 5) is 0. The Kier molecular flexibility index (Phi) is 8.40. The van der Waals surface area contributed by atoms with Crippen LogP contribution in [-0.2, 0) is 35.5 Å². The summed E-state index contributed by atoms with van der Waals surface area (Å²) in [5, 5.41) is 0. The van der Waals surface area contributed by atoms with E-state index in [2.05, 4.69) is 96.1 Å². The van der Waals surface area contributed by atoms with Gasteiger partial charge in [0.25, 0.3) is 0 Å². The predicted octanol–water partition coefficient (Wildman–Crippen LogP) is 8.76. The van der Waals surface area contributed by atoms with Crippen molar-refractivity contribution in [1.82, 2.24) is 0 Å². The van der Waals surface area contributed by atoms with Gasteiger partial charge in [0.2, 0.25) is 0 Å². The first-order chi connectivity index (χ1) is 18.4. The van der Waals surface area contributed by atoms with Crippen molar-refractivity contribution < 1.29 is 14.2 Å². The summed E-state index contributed by atoms with van der Waals surface area (Å²) in [6.07, 6.45) is 5.99. The number of ether oxygens (including phenoxy) is 3. The van der Waals surface area contributed by atoms with Crippen LogP contribution in [-0.4, -0.2) is 21.3 Å². The van der Waals surface area contributed by atoms with Crippen molar-refractivity contribution in [2.45, 2.75) is 96.3 Å². The lowest BCUT2D eigenvalue weighted by Gasteiger charge is -2.31. The van der Waals surface area contributed by atoms with Gasteiger partial charge in [0, 0.05) is 0 Å². The number of hydrogen-bond acceptors (Lipinski definition) is 3. The van der Waals surface area contributed by atoms with Gasteiger partial charge >= 0.3 is 0 Å². The highest BCUT2D eigenvalue weighted by molar-refractivity contribution is 5.44. The van der Waals surface area contributed by atoms with Crippen molar-refractivity contribution in [1.29, 1.82) is 0 Å². The Bertz CT molecular complexity index is 1140. The van der Waals surface area contributed by atoms with Gasteiger partial charge < -0.3 is 14.2 Å². The maximum Gasteiger partial charge on any atom is 0.122 e. The van der Waals surface area contributed by atoms with Crippen molar-refractivity contribution in [3.8, 4) is 17.2 Å². The van der Waals surface area contributed by atoms with Crippen LogP contribution in [0.15, 0.2) is 54.6 Å². The molecule has 3 aromatic rings. The molecule has 0 amide bonds. The van der Waals surface area contributed by atoms with Gasteiger partial charge in [0.15, 0.2) is 0 Å². The van der Waals surface area contributed by atoms with Crippen molar-refractivity contribution in [2.75, 3.05) is 21.3 Å². The third-order valence-electron chi connectivity index (χ3n) is 9.24. The molecule has 3 heteroatoms. The largest absolute Gasteiger partial charge is 0.496 e. The molecular weight excluding hydrogens is 480 g/mol. The summed E-state index contributed by atoms with van der Waals surface area (Å²) < 4.78 is 17.5. The monoisotopic (exact) mass is 528 g/mol. The third-order valence-corrected chi connectivity index (χ3v) is 9.24. The topological polar surface area (TPSA) is 27.7 Å². The van der Waals surface area contributed by atoms with Crippen LogP contribution in [0.5, 0.6) is 17.2 Å². The van der Waals surface area contributed by atoms with Crippen molar-refractivity contribution in [3.63, 3.8) is 0 Å². The van der Waals surface area contributed by atoms with E-state index >= 15 is 0 Å². The summed E-state index contributed by atoms with van der Waals surface area (Å²) >= 11 is 0. The second kappa shape index (κ2) is 11.3. The lowest BCUT2D eigenvalue weighted by atomic mass is 9.75. The predicted molar refractivity (Wildman–Crippen MR) is 163 cm³/mol. The molecule has 4 rings (SSSR count). The lowest BCUT2D eigenvalue weighted by Crippen LogP contribution is -2.22. The Morgan fingerprint density at radius 1 is 0.436 bits per heavy atom. The van der Waals surface area contributed by atoms with Crippen LogP contribution in [0.25, 0.3) is 0 Å². The van der Waals surface area contributed by atoms with Crippen LogP contribution in [0.3, 0.4) is 0 Å². The number of fused-ring (bicyclic) bond motifs is 6. The molecule has 1 aliphatic rings.